The molecule has 1 aliphatic heterocycles. The van der Waals surface area contributed by atoms with E-state index in [0.717, 1.165) is 57.4 Å². The molecule has 1 saturated heterocycles. The van der Waals surface area contributed by atoms with E-state index in [2.05, 4.69) is 28.0 Å². The van der Waals surface area contributed by atoms with Crippen molar-refractivity contribution in [2.24, 2.45) is 0 Å². The number of β-amino-alcohol motifs (C(OH)–C–C–N with tert-alkyl or cyclic N) is 1. The Bertz CT molecular complexity index is 976. The molecule has 2 aliphatic rings. The van der Waals surface area contributed by atoms with E-state index in [9.17, 15) is 20.5 Å². The molecule has 1 N–H and O–H groups in total. The highest BCUT2D eigenvalue weighted by atomic mass is 16.6. The van der Waals surface area contributed by atoms with E-state index in [0.29, 0.717) is 18.3 Å². The van der Waals surface area contributed by atoms with E-state index < -0.39 is 11.0 Å². The summed E-state index contributed by atoms with van der Waals surface area (Å²) in [5, 5.41) is 31.1. The van der Waals surface area contributed by atoms with Gasteiger partial charge in [-0.05, 0) is 43.4 Å². The smallest absolute Gasteiger partial charge is 0.269 e. The molecule has 4 rings (SSSR count). The van der Waals surface area contributed by atoms with Crippen molar-refractivity contribution >= 4 is 5.69 Å². The average Bonchev–Trinajstić information content (AvgIpc) is 2.89. The largest absolute Gasteiger partial charge is 0.491 e. The van der Waals surface area contributed by atoms with E-state index in [1.54, 1.807) is 12.1 Å². The van der Waals surface area contributed by atoms with Crippen LogP contribution < -0.4 is 4.74 Å². The van der Waals surface area contributed by atoms with Gasteiger partial charge in [-0.25, -0.2) is 0 Å². The summed E-state index contributed by atoms with van der Waals surface area (Å²) >= 11 is 0. The third-order valence-electron chi connectivity index (χ3n) is 7.23. The minimum absolute atomic E-state index is 0.0158. The van der Waals surface area contributed by atoms with Crippen molar-refractivity contribution in [2.75, 3.05) is 39.3 Å². The van der Waals surface area contributed by atoms with Gasteiger partial charge in [-0.15, -0.1) is 0 Å². The van der Waals surface area contributed by atoms with Gasteiger partial charge in [0.15, 0.2) is 0 Å². The minimum atomic E-state index is -0.626. The predicted octanol–water partition coefficient (Wildman–Crippen LogP) is 3.36. The number of nitro groups is 1. The fraction of sp³-hybridized carbons (Fsp3) is 0.500. The van der Waals surface area contributed by atoms with Gasteiger partial charge >= 0.3 is 0 Å². The molecule has 2 fully saturated rings. The number of nitrogens with zero attached hydrogens (tertiary/aromatic N) is 4. The number of benzene rings is 2. The minimum Gasteiger partial charge on any atom is -0.491 e. The van der Waals surface area contributed by atoms with Gasteiger partial charge in [0.25, 0.3) is 5.69 Å². The standard InChI is InChI=1S/C26H32N4O4/c27-20-26(21-4-2-1-3-5-21)12-10-22(11-13-26)29-16-14-28(15-17-29)18-24(31)19-34-25-8-6-23(7-9-25)30(32)33/h1-9,22,24,31H,10-19H2. The Labute approximate surface area is 200 Å². The molecule has 2 aromatic rings. The van der Waals surface area contributed by atoms with Crippen molar-refractivity contribution in [3.05, 3.63) is 70.3 Å². The fourth-order valence-electron chi connectivity index (χ4n) is 5.20. The van der Waals surface area contributed by atoms with E-state index >= 15 is 0 Å². The van der Waals surface area contributed by atoms with Gasteiger partial charge in [-0.2, -0.15) is 5.26 Å². The second-order valence-corrected chi connectivity index (χ2v) is 9.34. The molecule has 2 aromatic carbocycles. The molecule has 1 heterocycles. The summed E-state index contributed by atoms with van der Waals surface area (Å²) in [7, 11) is 0. The summed E-state index contributed by atoms with van der Waals surface area (Å²) in [5.41, 5.74) is 0.806. The van der Waals surface area contributed by atoms with Gasteiger partial charge < -0.3 is 9.84 Å². The summed E-state index contributed by atoms with van der Waals surface area (Å²) in [6.07, 6.45) is 3.25. The number of hydrogen-bond acceptors (Lipinski definition) is 7. The molecular formula is C26H32N4O4. The van der Waals surface area contributed by atoms with Gasteiger partial charge in [0.05, 0.1) is 16.4 Å². The fourth-order valence-corrected chi connectivity index (χ4v) is 5.20. The average molecular weight is 465 g/mol. The third kappa shape index (κ3) is 5.73. The number of nitriles is 1. The molecule has 1 aliphatic carbocycles. The quantitative estimate of drug-likeness (QED) is 0.472. The highest BCUT2D eigenvalue weighted by molar-refractivity contribution is 5.36. The summed E-state index contributed by atoms with van der Waals surface area (Å²) in [6, 6.07) is 19.2. The third-order valence-corrected chi connectivity index (χ3v) is 7.23. The van der Waals surface area contributed by atoms with Crippen LogP contribution in [-0.4, -0.2) is 71.3 Å². The van der Waals surface area contributed by atoms with Crippen LogP contribution in [0.4, 0.5) is 5.69 Å². The van der Waals surface area contributed by atoms with Gasteiger partial charge in [0, 0.05) is 50.9 Å². The molecule has 0 bridgehead atoms. The number of non-ortho nitro benzene ring substituents is 1. The van der Waals surface area contributed by atoms with E-state index in [4.69, 9.17) is 4.74 Å². The number of ether oxygens (including phenoxy) is 1. The molecule has 1 unspecified atom stereocenters. The molecular weight excluding hydrogens is 432 g/mol. The summed E-state index contributed by atoms with van der Waals surface area (Å²) in [4.78, 5) is 15.1. The zero-order valence-corrected chi connectivity index (χ0v) is 19.4. The Morgan fingerprint density at radius 3 is 2.32 bits per heavy atom. The Balaban J connectivity index is 1.19. The van der Waals surface area contributed by atoms with Crippen LogP contribution in [-0.2, 0) is 5.41 Å². The normalized spacial score (nSPS) is 24.8. The molecule has 0 aromatic heterocycles. The first-order valence-electron chi connectivity index (χ1n) is 12.0. The van der Waals surface area contributed by atoms with Crippen molar-refractivity contribution in [1.29, 1.82) is 5.26 Å². The molecule has 8 heteroatoms. The molecule has 0 amide bonds. The Hall–Kier alpha value is -2.99. The first-order valence-corrected chi connectivity index (χ1v) is 12.0. The zero-order valence-electron chi connectivity index (χ0n) is 19.4. The van der Waals surface area contributed by atoms with Gasteiger partial charge in [0.2, 0.25) is 0 Å². The van der Waals surface area contributed by atoms with Crippen LogP contribution in [0.15, 0.2) is 54.6 Å². The highest BCUT2D eigenvalue weighted by Crippen LogP contribution is 2.40. The number of aliphatic hydroxyl groups is 1. The van der Waals surface area contributed by atoms with E-state index in [1.165, 1.54) is 12.1 Å². The molecule has 180 valence electrons. The van der Waals surface area contributed by atoms with Crippen LogP contribution in [0.2, 0.25) is 0 Å². The number of hydrogen-bond donors (Lipinski definition) is 1. The lowest BCUT2D eigenvalue weighted by molar-refractivity contribution is -0.384. The van der Waals surface area contributed by atoms with Crippen molar-refractivity contribution in [3.8, 4) is 11.8 Å². The van der Waals surface area contributed by atoms with Crippen molar-refractivity contribution in [2.45, 2.75) is 43.2 Å². The van der Waals surface area contributed by atoms with Crippen molar-refractivity contribution < 1.29 is 14.8 Å². The van der Waals surface area contributed by atoms with Crippen LogP contribution in [0, 0.1) is 21.4 Å². The second kappa shape index (κ2) is 11.0. The van der Waals surface area contributed by atoms with Crippen LogP contribution in [0.1, 0.15) is 31.2 Å². The molecule has 8 nitrogen and oxygen atoms in total. The topological polar surface area (TPSA) is 103 Å². The SMILES string of the molecule is N#CC1(c2ccccc2)CCC(N2CCN(CC(O)COc3ccc([N+](=O)[O-])cc3)CC2)CC1. The van der Waals surface area contributed by atoms with Crippen molar-refractivity contribution in [1.82, 2.24) is 9.80 Å². The molecule has 1 saturated carbocycles. The Morgan fingerprint density at radius 2 is 1.74 bits per heavy atom. The lowest BCUT2D eigenvalue weighted by atomic mass is 9.69. The number of piperazine rings is 1. The van der Waals surface area contributed by atoms with Crippen molar-refractivity contribution in [3.63, 3.8) is 0 Å². The van der Waals surface area contributed by atoms with Crippen LogP contribution >= 0.6 is 0 Å². The Kier molecular flexibility index (Phi) is 7.78. The van der Waals surface area contributed by atoms with Crippen LogP contribution in [0.3, 0.4) is 0 Å². The van der Waals surface area contributed by atoms with Gasteiger partial charge in [-0.1, -0.05) is 30.3 Å². The van der Waals surface area contributed by atoms with Crippen LogP contribution in [0.25, 0.3) is 0 Å². The molecule has 0 spiro atoms. The van der Waals surface area contributed by atoms with Gasteiger partial charge in [0.1, 0.15) is 18.5 Å². The maximum Gasteiger partial charge on any atom is 0.269 e. The van der Waals surface area contributed by atoms with E-state index in [1.807, 2.05) is 18.2 Å². The number of aliphatic hydroxyl groups excluding tert-OH is 1. The summed E-state index contributed by atoms with van der Waals surface area (Å²) in [5.74, 6) is 0.510. The first kappa shape index (κ1) is 24.1. The number of nitro benzene ring substituents is 1. The number of rotatable bonds is 8. The van der Waals surface area contributed by atoms with Gasteiger partial charge in [-0.3, -0.25) is 19.9 Å². The summed E-state index contributed by atoms with van der Waals surface area (Å²) < 4.78 is 5.59. The maximum absolute atomic E-state index is 10.7. The highest BCUT2D eigenvalue weighted by Gasteiger charge is 2.39. The summed E-state index contributed by atoms with van der Waals surface area (Å²) in [6.45, 7) is 4.41. The maximum atomic E-state index is 10.7. The lowest BCUT2D eigenvalue weighted by Crippen LogP contribution is -2.53. The molecule has 1 atom stereocenters. The monoisotopic (exact) mass is 464 g/mol. The van der Waals surface area contributed by atoms with E-state index in [-0.39, 0.29) is 17.7 Å². The molecule has 34 heavy (non-hydrogen) atoms. The first-order chi connectivity index (χ1) is 16.5. The zero-order chi connectivity index (χ0) is 24.0. The second-order valence-electron chi connectivity index (χ2n) is 9.34. The Morgan fingerprint density at radius 1 is 1.09 bits per heavy atom. The molecule has 0 radical (unpaired) electrons. The lowest BCUT2D eigenvalue weighted by Gasteiger charge is -2.44. The predicted molar refractivity (Wildman–Crippen MR) is 129 cm³/mol. The van der Waals surface area contributed by atoms with Crippen LogP contribution in [0.5, 0.6) is 5.75 Å².